The Bertz CT molecular complexity index is 387. The molecule has 0 unspecified atom stereocenters. The molecule has 0 amide bonds. The minimum Gasteiger partial charge on any atom is -0.386 e. The number of hydrogen-bond donors (Lipinski definition) is 1. The summed E-state index contributed by atoms with van der Waals surface area (Å²) < 4.78 is 61.4. The molecule has 84 valence electrons. The number of halogens is 3. The van der Waals surface area contributed by atoms with Crippen LogP contribution in [0.4, 0.5) is 13.2 Å². The second-order valence-corrected chi connectivity index (χ2v) is 2.95. The van der Waals surface area contributed by atoms with Crippen LogP contribution in [0, 0.1) is 0 Å². The minimum atomic E-state index is -4.45. The van der Waals surface area contributed by atoms with E-state index < -0.39 is 31.5 Å². The van der Waals surface area contributed by atoms with Crippen molar-refractivity contribution in [3.05, 3.63) is 35.4 Å². The minimum absolute atomic E-state index is 0.159. The first kappa shape index (κ1) is 8.13. The summed E-state index contributed by atoms with van der Waals surface area (Å²) in [6.45, 7) is -0.512. The van der Waals surface area contributed by atoms with Gasteiger partial charge in [-0.05, 0) is 17.7 Å². The highest BCUT2D eigenvalue weighted by molar-refractivity contribution is 5.25. The molecule has 0 aliphatic rings. The fourth-order valence-electron chi connectivity index (χ4n) is 1.07. The Balaban J connectivity index is 2.68. The lowest BCUT2D eigenvalue weighted by Gasteiger charge is -2.11. The summed E-state index contributed by atoms with van der Waals surface area (Å²) >= 11 is 0. The molecule has 1 aromatic carbocycles. The van der Waals surface area contributed by atoms with Crippen LogP contribution in [0.25, 0.3) is 0 Å². The van der Waals surface area contributed by atoms with Gasteiger partial charge in [0.05, 0.1) is 16.3 Å². The fourth-order valence-corrected chi connectivity index (χ4v) is 1.07. The smallest absolute Gasteiger partial charge is 0.386 e. The molecule has 0 saturated heterocycles. The second-order valence-electron chi connectivity index (χ2n) is 2.95. The molecule has 0 aliphatic carbocycles. The van der Waals surface area contributed by atoms with Gasteiger partial charge in [0.2, 0.25) is 0 Å². The molecular weight excluding hydrogens is 209 g/mol. The van der Waals surface area contributed by atoms with Crippen molar-refractivity contribution in [2.75, 3.05) is 13.6 Å². The van der Waals surface area contributed by atoms with E-state index in [0.29, 0.717) is 0 Å². The van der Waals surface area contributed by atoms with Crippen molar-refractivity contribution in [1.82, 2.24) is 0 Å². The van der Waals surface area contributed by atoms with E-state index in [1.165, 1.54) is 0 Å². The molecule has 0 aliphatic heterocycles. The first-order valence-electron chi connectivity index (χ1n) is 5.59. The monoisotopic (exact) mass is 223 g/mol. The van der Waals surface area contributed by atoms with Gasteiger partial charge in [-0.3, -0.25) is 0 Å². The molecule has 0 aromatic heterocycles. The molecule has 1 rings (SSSR count). The van der Waals surface area contributed by atoms with Gasteiger partial charge < -0.3 is 9.84 Å². The normalized spacial score (nSPS) is 17.7. The third-order valence-corrected chi connectivity index (χ3v) is 1.86. The Morgan fingerprint density at radius 2 is 2.00 bits per heavy atom. The van der Waals surface area contributed by atoms with Crippen molar-refractivity contribution in [3.63, 3.8) is 0 Å². The number of aliphatic hydroxyl groups is 1. The Morgan fingerprint density at radius 3 is 2.47 bits per heavy atom. The molecule has 0 spiro atoms. The molecule has 0 fully saturated rings. The van der Waals surface area contributed by atoms with E-state index >= 15 is 0 Å². The topological polar surface area (TPSA) is 29.5 Å². The van der Waals surface area contributed by atoms with Crippen molar-refractivity contribution < 1.29 is 27.1 Å². The summed E-state index contributed by atoms with van der Waals surface area (Å²) in [6.07, 6.45) is -5.73. The van der Waals surface area contributed by atoms with Crippen molar-refractivity contribution in [2.24, 2.45) is 0 Å². The highest BCUT2D eigenvalue weighted by atomic mass is 19.4. The van der Waals surface area contributed by atoms with Gasteiger partial charge in [-0.2, -0.15) is 13.2 Å². The summed E-state index contributed by atoms with van der Waals surface area (Å²) in [6, 6.07) is 3.79. The van der Waals surface area contributed by atoms with Crippen LogP contribution in [0.15, 0.2) is 24.3 Å². The van der Waals surface area contributed by atoms with Crippen LogP contribution in [0.5, 0.6) is 0 Å². The van der Waals surface area contributed by atoms with Gasteiger partial charge >= 0.3 is 6.18 Å². The summed E-state index contributed by atoms with van der Waals surface area (Å²) in [5, 5.41) is 9.52. The second kappa shape index (κ2) is 4.63. The highest BCUT2D eigenvalue weighted by Crippen LogP contribution is 2.29. The zero-order valence-electron chi connectivity index (χ0n) is 10.6. The van der Waals surface area contributed by atoms with Gasteiger partial charge in [-0.25, -0.2) is 0 Å². The van der Waals surface area contributed by atoms with Crippen molar-refractivity contribution in [1.29, 1.82) is 0 Å². The average Bonchev–Trinajstić information content (AvgIpc) is 2.24. The van der Waals surface area contributed by atoms with E-state index in [1.54, 1.807) is 0 Å². The quantitative estimate of drug-likeness (QED) is 0.852. The van der Waals surface area contributed by atoms with Gasteiger partial charge in [0.1, 0.15) is 6.10 Å². The van der Waals surface area contributed by atoms with E-state index in [0.717, 1.165) is 24.3 Å². The van der Waals surface area contributed by atoms with Crippen LogP contribution in [-0.2, 0) is 10.9 Å². The maximum absolute atomic E-state index is 12.3. The molecule has 0 saturated carbocycles. The number of hydrogen-bond acceptors (Lipinski definition) is 2. The van der Waals surface area contributed by atoms with Gasteiger partial charge in [0.25, 0.3) is 0 Å². The van der Waals surface area contributed by atoms with Crippen molar-refractivity contribution in [3.8, 4) is 0 Å². The molecule has 2 nitrogen and oxygen atoms in total. The lowest BCUT2D eigenvalue weighted by molar-refractivity contribution is -0.137. The van der Waals surface area contributed by atoms with Crippen LogP contribution >= 0.6 is 0 Å². The standard InChI is InChI=1S/C10H11F3O2/c1-15-6-9(14)7-2-4-8(5-3-7)10(11,12)13/h2-5,9,14H,6H2,1H3/t9-/m1/s1/i1D3. The predicted molar refractivity (Wildman–Crippen MR) is 48.3 cm³/mol. The Labute approximate surface area is 89.5 Å². The zero-order chi connectivity index (χ0) is 14.0. The molecule has 0 bridgehead atoms. The molecular formula is C10H11F3O2. The first-order valence-corrected chi connectivity index (χ1v) is 4.09. The van der Waals surface area contributed by atoms with Crippen LogP contribution in [-0.4, -0.2) is 18.8 Å². The van der Waals surface area contributed by atoms with E-state index in [1.807, 2.05) is 0 Å². The number of rotatable bonds is 3. The summed E-state index contributed by atoms with van der Waals surface area (Å²) in [5.41, 5.74) is -0.678. The first-order chi connectivity index (χ1) is 8.09. The van der Waals surface area contributed by atoms with E-state index in [9.17, 15) is 18.3 Å². The van der Waals surface area contributed by atoms with E-state index in [2.05, 4.69) is 4.74 Å². The summed E-state index contributed by atoms with van der Waals surface area (Å²) in [5.74, 6) is 0. The lowest BCUT2D eigenvalue weighted by Crippen LogP contribution is -2.07. The molecule has 15 heavy (non-hydrogen) atoms. The maximum atomic E-state index is 12.3. The average molecular weight is 223 g/mol. The van der Waals surface area contributed by atoms with Crippen molar-refractivity contribution in [2.45, 2.75) is 12.3 Å². The molecule has 0 heterocycles. The van der Waals surface area contributed by atoms with Gasteiger partial charge in [-0.15, -0.1) is 0 Å². The summed E-state index contributed by atoms with van der Waals surface area (Å²) in [7, 11) is -2.65. The lowest BCUT2D eigenvalue weighted by atomic mass is 10.1. The zero-order valence-corrected chi connectivity index (χ0v) is 7.58. The van der Waals surface area contributed by atoms with Gasteiger partial charge in [-0.1, -0.05) is 12.1 Å². The predicted octanol–water partition coefficient (Wildman–Crippen LogP) is 2.39. The number of alkyl halides is 3. The van der Waals surface area contributed by atoms with E-state index in [-0.39, 0.29) is 5.56 Å². The van der Waals surface area contributed by atoms with Crippen LogP contribution in [0.1, 0.15) is 21.3 Å². The van der Waals surface area contributed by atoms with Crippen LogP contribution in [0.3, 0.4) is 0 Å². The largest absolute Gasteiger partial charge is 0.416 e. The molecule has 1 aromatic rings. The third kappa shape index (κ3) is 3.21. The molecule has 0 radical (unpaired) electrons. The number of benzene rings is 1. The molecule has 5 heteroatoms. The maximum Gasteiger partial charge on any atom is 0.416 e. The summed E-state index contributed by atoms with van der Waals surface area (Å²) in [4.78, 5) is 0. The van der Waals surface area contributed by atoms with E-state index in [4.69, 9.17) is 4.11 Å². The number of aliphatic hydroxyl groups excluding tert-OH is 1. The van der Waals surface area contributed by atoms with Gasteiger partial charge in [0.15, 0.2) is 0 Å². The molecule has 1 N–H and O–H groups in total. The van der Waals surface area contributed by atoms with Crippen LogP contribution in [0.2, 0.25) is 0 Å². The SMILES string of the molecule is [2H]C([2H])([2H])OC[C@@H](O)c1ccc(C(F)(F)F)cc1. The van der Waals surface area contributed by atoms with Gasteiger partial charge in [0, 0.05) is 7.04 Å². The Kier molecular flexibility index (Phi) is 2.51. The number of methoxy groups -OCH3 is 1. The van der Waals surface area contributed by atoms with Crippen LogP contribution < -0.4 is 0 Å². The Morgan fingerprint density at radius 1 is 1.40 bits per heavy atom. The molecule has 1 atom stereocenters. The third-order valence-electron chi connectivity index (χ3n) is 1.86. The highest BCUT2D eigenvalue weighted by Gasteiger charge is 2.30. The number of ether oxygens (including phenoxy) is 1. The van der Waals surface area contributed by atoms with Crippen molar-refractivity contribution >= 4 is 0 Å². The fraction of sp³-hybridized carbons (Fsp3) is 0.400. The Hall–Kier alpha value is -1.07.